The highest BCUT2D eigenvalue weighted by molar-refractivity contribution is 4.62. The molecule has 0 heterocycles. The maximum atomic E-state index is 9.13. The number of rotatable bonds is 32. The number of aliphatic hydroxyl groups excluding tert-OH is 1. The minimum absolute atomic E-state index is 0.323. The third-order valence-corrected chi connectivity index (χ3v) is 7.75. The predicted octanol–water partition coefficient (Wildman–Crippen LogP) is 9.18. The van der Waals surface area contributed by atoms with Gasteiger partial charge in [-0.25, -0.2) is 0 Å². The van der Waals surface area contributed by atoms with Crippen molar-refractivity contribution in [2.75, 3.05) is 53.2 Å². The summed E-state index contributed by atoms with van der Waals surface area (Å²) in [5, 5.41) is 9.13. The van der Waals surface area contributed by atoms with Crippen molar-refractivity contribution in [3.8, 4) is 0 Å². The zero-order chi connectivity index (χ0) is 27.1. The van der Waals surface area contributed by atoms with Crippen LogP contribution in [-0.4, -0.2) is 63.2 Å². The monoisotopic (exact) mass is 528 g/mol. The van der Waals surface area contributed by atoms with Gasteiger partial charge in [-0.15, -0.1) is 0 Å². The minimum atomic E-state index is 0.323. The molecule has 0 spiro atoms. The van der Waals surface area contributed by atoms with E-state index in [9.17, 15) is 0 Å². The van der Waals surface area contributed by atoms with Crippen molar-refractivity contribution in [3.05, 3.63) is 0 Å². The van der Waals surface area contributed by atoms with Gasteiger partial charge in [-0.3, -0.25) is 0 Å². The van der Waals surface area contributed by atoms with Crippen molar-refractivity contribution in [2.24, 2.45) is 5.92 Å². The lowest BCUT2D eigenvalue weighted by Crippen LogP contribution is -2.27. The lowest BCUT2D eigenvalue weighted by atomic mass is 9.95. The number of aliphatic hydroxyl groups is 1. The summed E-state index contributed by atoms with van der Waals surface area (Å²) in [7, 11) is 1.79. The van der Waals surface area contributed by atoms with Crippen LogP contribution in [0.1, 0.15) is 155 Å². The molecule has 1 atom stereocenters. The highest BCUT2D eigenvalue weighted by Gasteiger charge is 2.09. The van der Waals surface area contributed by atoms with Gasteiger partial charge in [-0.05, 0) is 76.9 Å². The number of hydrogen-bond donors (Lipinski definition) is 1. The van der Waals surface area contributed by atoms with E-state index in [0.29, 0.717) is 6.61 Å². The zero-order valence-corrected chi connectivity index (χ0v) is 25.8. The summed E-state index contributed by atoms with van der Waals surface area (Å²) in [5.41, 5.74) is 0. The molecule has 0 aliphatic carbocycles. The van der Waals surface area contributed by atoms with Crippen LogP contribution >= 0.6 is 0 Å². The van der Waals surface area contributed by atoms with Crippen molar-refractivity contribution >= 4 is 0 Å². The van der Waals surface area contributed by atoms with Crippen LogP contribution in [0.2, 0.25) is 0 Å². The summed E-state index contributed by atoms with van der Waals surface area (Å²) in [4.78, 5) is 2.63. The topological polar surface area (TPSA) is 41.9 Å². The Morgan fingerprint density at radius 3 is 1.57 bits per heavy atom. The first kappa shape index (κ1) is 36.8. The highest BCUT2D eigenvalue weighted by atomic mass is 16.5. The van der Waals surface area contributed by atoms with E-state index in [0.717, 1.165) is 45.1 Å². The fraction of sp³-hybridized carbons (Fsp3) is 1.00. The summed E-state index contributed by atoms with van der Waals surface area (Å²) in [6, 6.07) is 0. The van der Waals surface area contributed by atoms with E-state index in [1.54, 1.807) is 7.11 Å². The fourth-order valence-electron chi connectivity index (χ4n) is 5.25. The van der Waals surface area contributed by atoms with Gasteiger partial charge in [0.2, 0.25) is 0 Å². The summed E-state index contributed by atoms with van der Waals surface area (Å²) in [5.74, 6) is 0.782. The molecule has 0 aromatic heterocycles. The van der Waals surface area contributed by atoms with Crippen LogP contribution < -0.4 is 0 Å². The third kappa shape index (κ3) is 28.7. The number of unbranched alkanes of at least 4 members (excludes halogenated alkanes) is 15. The maximum absolute atomic E-state index is 9.13. The first-order valence-electron chi connectivity index (χ1n) is 16.7. The second kappa shape index (κ2) is 32.1. The van der Waals surface area contributed by atoms with Gasteiger partial charge in [-0.2, -0.15) is 0 Å². The van der Waals surface area contributed by atoms with E-state index in [2.05, 4.69) is 18.7 Å². The van der Waals surface area contributed by atoms with E-state index >= 15 is 0 Å². The van der Waals surface area contributed by atoms with Crippen LogP contribution in [-0.2, 0) is 9.47 Å². The van der Waals surface area contributed by atoms with Crippen molar-refractivity contribution in [1.29, 1.82) is 0 Å². The van der Waals surface area contributed by atoms with Crippen molar-refractivity contribution in [2.45, 2.75) is 155 Å². The largest absolute Gasteiger partial charge is 0.396 e. The van der Waals surface area contributed by atoms with Gasteiger partial charge in [0.1, 0.15) is 0 Å². The molecule has 4 nitrogen and oxygen atoms in total. The average molecular weight is 528 g/mol. The van der Waals surface area contributed by atoms with E-state index < -0.39 is 0 Å². The molecule has 0 saturated carbocycles. The van der Waals surface area contributed by atoms with Crippen LogP contribution in [0.25, 0.3) is 0 Å². The van der Waals surface area contributed by atoms with Gasteiger partial charge in [0, 0.05) is 33.5 Å². The molecule has 0 aromatic carbocycles. The van der Waals surface area contributed by atoms with E-state index in [-0.39, 0.29) is 0 Å². The smallest absolute Gasteiger partial charge is 0.0494 e. The van der Waals surface area contributed by atoms with Crippen molar-refractivity contribution in [1.82, 2.24) is 4.90 Å². The second-order valence-corrected chi connectivity index (χ2v) is 11.4. The highest BCUT2D eigenvalue weighted by Crippen LogP contribution is 2.19. The Hall–Kier alpha value is -0.160. The van der Waals surface area contributed by atoms with E-state index in [4.69, 9.17) is 14.6 Å². The van der Waals surface area contributed by atoms with Crippen LogP contribution in [0.4, 0.5) is 0 Å². The molecule has 0 radical (unpaired) electrons. The Morgan fingerprint density at radius 2 is 1.00 bits per heavy atom. The molecule has 0 fully saturated rings. The minimum Gasteiger partial charge on any atom is -0.396 e. The number of ether oxygens (including phenoxy) is 2. The molecule has 0 aliphatic heterocycles. The summed E-state index contributed by atoms with van der Waals surface area (Å²) < 4.78 is 11.4. The molecule has 0 aliphatic rings. The Morgan fingerprint density at radius 1 is 0.541 bits per heavy atom. The van der Waals surface area contributed by atoms with Crippen LogP contribution in [0.5, 0.6) is 0 Å². The summed E-state index contributed by atoms with van der Waals surface area (Å²) >= 11 is 0. The molecule has 0 saturated heterocycles. The SMILES string of the molecule is CCCCCCCCC(CCCCCC)COCCCCCCN(CCCCO)CCCCCCOC. The molecule has 224 valence electrons. The summed E-state index contributed by atoms with van der Waals surface area (Å²) in [6.45, 7) is 11.3. The fourth-order valence-corrected chi connectivity index (χ4v) is 5.25. The number of hydrogen-bond acceptors (Lipinski definition) is 4. The van der Waals surface area contributed by atoms with Gasteiger partial charge in [0.25, 0.3) is 0 Å². The molecule has 1 unspecified atom stereocenters. The quantitative estimate of drug-likeness (QED) is 0.0885. The second-order valence-electron chi connectivity index (χ2n) is 11.4. The maximum Gasteiger partial charge on any atom is 0.0494 e. The first-order chi connectivity index (χ1) is 18.3. The Kier molecular flexibility index (Phi) is 31.9. The average Bonchev–Trinajstić information content (AvgIpc) is 2.91. The van der Waals surface area contributed by atoms with Crippen LogP contribution in [0, 0.1) is 5.92 Å². The molecule has 0 rings (SSSR count). The Labute approximate surface area is 233 Å². The predicted molar refractivity (Wildman–Crippen MR) is 163 cm³/mol. The van der Waals surface area contributed by atoms with Gasteiger partial charge in [0.05, 0.1) is 0 Å². The lowest BCUT2D eigenvalue weighted by molar-refractivity contribution is 0.0877. The molecule has 37 heavy (non-hydrogen) atoms. The van der Waals surface area contributed by atoms with Gasteiger partial charge in [0.15, 0.2) is 0 Å². The zero-order valence-electron chi connectivity index (χ0n) is 25.8. The molecular weight excluding hydrogens is 458 g/mol. The van der Waals surface area contributed by atoms with Crippen molar-refractivity contribution in [3.63, 3.8) is 0 Å². The molecule has 1 N–H and O–H groups in total. The summed E-state index contributed by atoms with van der Waals surface area (Å²) in [6.07, 6.45) is 28.8. The standard InChI is InChI=1S/C33H69NO3/c1-4-6-8-10-11-17-25-33(24-16-9-7-5-2)32-37-31-23-15-13-19-27-34(28-20-21-29-35)26-18-12-14-22-30-36-3/h33,35H,4-32H2,1-3H3. The van der Waals surface area contributed by atoms with Crippen LogP contribution in [0.3, 0.4) is 0 Å². The Bertz CT molecular complexity index is 407. The molecule has 0 bridgehead atoms. The lowest BCUT2D eigenvalue weighted by Gasteiger charge is -2.22. The molecular formula is C33H69NO3. The number of methoxy groups -OCH3 is 1. The number of nitrogens with zero attached hydrogens (tertiary/aromatic N) is 1. The van der Waals surface area contributed by atoms with E-state index in [1.165, 1.54) is 142 Å². The Balaban J connectivity index is 3.96. The molecule has 0 amide bonds. The normalized spacial score (nSPS) is 12.6. The van der Waals surface area contributed by atoms with Crippen molar-refractivity contribution < 1.29 is 14.6 Å². The first-order valence-corrected chi connectivity index (χ1v) is 16.7. The third-order valence-electron chi connectivity index (χ3n) is 7.75. The van der Waals surface area contributed by atoms with Crippen LogP contribution in [0.15, 0.2) is 0 Å². The molecule has 0 aromatic rings. The van der Waals surface area contributed by atoms with Gasteiger partial charge < -0.3 is 19.5 Å². The van der Waals surface area contributed by atoms with Gasteiger partial charge in [-0.1, -0.05) is 104 Å². The van der Waals surface area contributed by atoms with E-state index in [1.807, 2.05) is 0 Å². The van der Waals surface area contributed by atoms with Gasteiger partial charge >= 0.3 is 0 Å². The molecule has 4 heteroatoms.